The number of hydrogen-bond donors (Lipinski definition) is 3. The third kappa shape index (κ3) is 2.37. The molecule has 0 radical (unpaired) electrons. The second kappa shape index (κ2) is 4.85. The summed E-state index contributed by atoms with van der Waals surface area (Å²) in [5.74, 6) is -2.18. The summed E-state index contributed by atoms with van der Waals surface area (Å²) in [5.41, 5.74) is 0.639. The van der Waals surface area contributed by atoms with Gasteiger partial charge in [-0.1, -0.05) is 0 Å². The molecule has 1 unspecified atom stereocenters. The molecule has 3 N–H and O–H groups in total. The van der Waals surface area contributed by atoms with E-state index in [2.05, 4.69) is 10.3 Å². The molecule has 0 aromatic carbocycles. The summed E-state index contributed by atoms with van der Waals surface area (Å²) in [6.07, 6.45) is 0. The van der Waals surface area contributed by atoms with E-state index >= 15 is 0 Å². The number of aromatic hydroxyl groups is 1. The molecular weight excluding hydrogens is 268 g/mol. The van der Waals surface area contributed by atoms with Crippen molar-refractivity contribution in [1.82, 2.24) is 10.3 Å². The van der Waals surface area contributed by atoms with E-state index in [1.54, 1.807) is 18.4 Å². The molecule has 1 atom stereocenters. The van der Waals surface area contributed by atoms with E-state index in [9.17, 15) is 14.7 Å². The molecule has 0 aliphatic carbocycles. The highest BCUT2D eigenvalue weighted by Crippen LogP contribution is 2.31. The standard InChI is InChI=1S/C12H12N2O4S/c1-5-9-7(3-4-19-9)8(10(15)13-5)11(16)14-6(2)12(17)18/h3-4,6H,1-2H3,(H,13,15)(H,14,16)(H,17,18). The molecule has 0 aliphatic heterocycles. The summed E-state index contributed by atoms with van der Waals surface area (Å²) < 4.78 is 0.797. The minimum Gasteiger partial charge on any atom is -0.493 e. The molecule has 1 amide bonds. The summed E-state index contributed by atoms with van der Waals surface area (Å²) in [4.78, 5) is 26.7. The van der Waals surface area contributed by atoms with Crippen molar-refractivity contribution < 1.29 is 19.8 Å². The van der Waals surface area contributed by atoms with Gasteiger partial charge in [-0.2, -0.15) is 0 Å². The Balaban J connectivity index is 2.47. The van der Waals surface area contributed by atoms with Crippen molar-refractivity contribution in [3.8, 4) is 5.88 Å². The average molecular weight is 280 g/mol. The van der Waals surface area contributed by atoms with Gasteiger partial charge in [0.1, 0.15) is 11.6 Å². The molecule has 0 saturated carbocycles. The molecule has 7 heteroatoms. The van der Waals surface area contributed by atoms with Crippen molar-refractivity contribution in [2.75, 3.05) is 0 Å². The lowest BCUT2D eigenvalue weighted by Crippen LogP contribution is -2.38. The maximum Gasteiger partial charge on any atom is 0.325 e. The first-order valence-electron chi connectivity index (χ1n) is 5.52. The van der Waals surface area contributed by atoms with Crippen molar-refractivity contribution in [2.24, 2.45) is 0 Å². The zero-order valence-electron chi connectivity index (χ0n) is 10.3. The largest absolute Gasteiger partial charge is 0.493 e. The molecule has 2 heterocycles. The predicted molar refractivity (Wildman–Crippen MR) is 70.6 cm³/mol. The summed E-state index contributed by atoms with van der Waals surface area (Å²) in [6, 6.07) is 0.663. The van der Waals surface area contributed by atoms with Crippen LogP contribution in [0.25, 0.3) is 10.1 Å². The molecule has 100 valence electrons. The first kappa shape index (κ1) is 13.3. The van der Waals surface area contributed by atoms with Gasteiger partial charge in [-0.25, -0.2) is 4.98 Å². The van der Waals surface area contributed by atoms with Gasteiger partial charge in [0.15, 0.2) is 0 Å². The Hall–Kier alpha value is -2.15. The third-order valence-electron chi connectivity index (χ3n) is 2.71. The molecule has 0 aliphatic rings. The molecule has 0 bridgehead atoms. The van der Waals surface area contributed by atoms with Crippen molar-refractivity contribution in [3.63, 3.8) is 0 Å². The maximum atomic E-state index is 12.0. The number of carbonyl (C=O) groups excluding carboxylic acids is 1. The lowest BCUT2D eigenvalue weighted by Gasteiger charge is -2.11. The number of fused-ring (bicyclic) bond motifs is 1. The second-order valence-electron chi connectivity index (χ2n) is 4.09. The number of rotatable bonds is 3. The van der Waals surface area contributed by atoms with Crippen LogP contribution in [0.1, 0.15) is 23.0 Å². The van der Waals surface area contributed by atoms with Gasteiger partial charge >= 0.3 is 5.97 Å². The van der Waals surface area contributed by atoms with Crippen molar-refractivity contribution in [2.45, 2.75) is 19.9 Å². The van der Waals surface area contributed by atoms with Crippen LogP contribution < -0.4 is 5.32 Å². The SMILES string of the molecule is Cc1nc(O)c(C(=O)NC(C)C(=O)O)c2ccsc12. The van der Waals surface area contributed by atoms with Crippen LogP contribution in [0.4, 0.5) is 0 Å². The van der Waals surface area contributed by atoms with Crippen LogP contribution >= 0.6 is 11.3 Å². The Bertz CT molecular complexity index is 665. The fourth-order valence-corrected chi connectivity index (χ4v) is 2.58. The van der Waals surface area contributed by atoms with Gasteiger partial charge in [0, 0.05) is 5.39 Å². The number of amides is 1. The maximum absolute atomic E-state index is 12.0. The number of aryl methyl sites for hydroxylation is 1. The van der Waals surface area contributed by atoms with Crippen LogP contribution in [0.5, 0.6) is 5.88 Å². The summed E-state index contributed by atoms with van der Waals surface area (Å²) >= 11 is 1.41. The number of nitrogens with zero attached hydrogens (tertiary/aromatic N) is 1. The fourth-order valence-electron chi connectivity index (χ4n) is 1.73. The number of carbonyl (C=O) groups is 2. The average Bonchev–Trinajstić information content (AvgIpc) is 2.77. The number of nitrogens with one attached hydrogen (secondary N) is 1. The Morgan fingerprint density at radius 2 is 2.16 bits per heavy atom. The first-order valence-corrected chi connectivity index (χ1v) is 6.40. The molecule has 0 spiro atoms. The van der Waals surface area contributed by atoms with E-state index in [4.69, 9.17) is 5.11 Å². The monoisotopic (exact) mass is 280 g/mol. The topological polar surface area (TPSA) is 99.5 Å². The van der Waals surface area contributed by atoms with E-state index in [0.29, 0.717) is 11.1 Å². The van der Waals surface area contributed by atoms with Crippen molar-refractivity contribution >= 4 is 33.3 Å². The van der Waals surface area contributed by atoms with Crippen LogP contribution in [-0.2, 0) is 4.79 Å². The highest BCUT2D eigenvalue weighted by atomic mass is 32.1. The third-order valence-corrected chi connectivity index (χ3v) is 3.73. The van der Waals surface area contributed by atoms with E-state index < -0.39 is 23.8 Å². The van der Waals surface area contributed by atoms with E-state index in [1.807, 2.05) is 0 Å². The number of thiophene rings is 1. The lowest BCUT2D eigenvalue weighted by atomic mass is 10.1. The van der Waals surface area contributed by atoms with Gasteiger partial charge in [-0.05, 0) is 25.3 Å². The van der Waals surface area contributed by atoms with E-state index in [-0.39, 0.29) is 5.56 Å². The van der Waals surface area contributed by atoms with Crippen LogP contribution in [0.3, 0.4) is 0 Å². The number of carboxylic acids is 1. The van der Waals surface area contributed by atoms with Gasteiger partial charge in [0.05, 0.1) is 10.4 Å². The summed E-state index contributed by atoms with van der Waals surface area (Å²) in [5, 5.41) is 23.3. The lowest BCUT2D eigenvalue weighted by molar-refractivity contribution is -0.138. The molecule has 0 fully saturated rings. The van der Waals surface area contributed by atoms with Crippen molar-refractivity contribution in [1.29, 1.82) is 0 Å². The Morgan fingerprint density at radius 3 is 2.79 bits per heavy atom. The minimum atomic E-state index is -1.14. The van der Waals surface area contributed by atoms with Crippen LogP contribution in [0, 0.1) is 6.92 Å². The Kier molecular flexibility index (Phi) is 3.39. The van der Waals surface area contributed by atoms with E-state index in [0.717, 1.165) is 4.70 Å². The first-order chi connectivity index (χ1) is 8.91. The zero-order valence-corrected chi connectivity index (χ0v) is 11.1. The fraction of sp³-hybridized carbons (Fsp3) is 0.250. The number of aromatic nitrogens is 1. The normalized spacial score (nSPS) is 12.3. The minimum absolute atomic E-state index is 0.00921. The molecule has 19 heavy (non-hydrogen) atoms. The number of aliphatic carboxylic acids is 1. The van der Waals surface area contributed by atoms with Gasteiger partial charge < -0.3 is 15.5 Å². The molecule has 0 saturated heterocycles. The number of carboxylic acid groups (broad SMARTS) is 1. The Labute approximate surface area is 112 Å². The van der Waals surface area contributed by atoms with Gasteiger partial charge in [-0.3, -0.25) is 9.59 Å². The molecular formula is C12H12N2O4S. The smallest absolute Gasteiger partial charge is 0.325 e. The highest BCUT2D eigenvalue weighted by Gasteiger charge is 2.22. The Morgan fingerprint density at radius 1 is 1.47 bits per heavy atom. The molecule has 2 aromatic rings. The van der Waals surface area contributed by atoms with Gasteiger partial charge in [0.25, 0.3) is 5.91 Å². The quantitative estimate of drug-likeness (QED) is 0.791. The predicted octanol–water partition coefficient (Wildman–Crippen LogP) is 1.51. The van der Waals surface area contributed by atoms with Gasteiger partial charge in [0.2, 0.25) is 5.88 Å². The van der Waals surface area contributed by atoms with Crippen LogP contribution in [0.2, 0.25) is 0 Å². The van der Waals surface area contributed by atoms with Crippen LogP contribution in [0.15, 0.2) is 11.4 Å². The zero-order chi connectivity index (χ0) is 14.2. The second-order valence-corrected chi connectivity index (χ2v) is 5.01. The number of pyridine rings is 1. The molecule has 2 rings (SSSR count). The number of hydrogen-bond acceptors (Lipinski definition) is 5. The van der Waals surface area contributed by atoms with Crippen LogP contribution in [-0.4, -0.2) is 33.1 Å². The van der Waals surface area contributed by atoms with Crippen molar-refractivity contribution in [3.05, 3.63) is 22.7 Å². The summed E-state index contributed by atoms with van der Waals surface area (Å²) in [7, 11) is 0. The summed E-state index contributed by atoms with van der Waals surface area (Å²) in [6.45, 7) is 3.09. The van der Waals surface area contributed by atoms with Gasteiger partial charge in [-0.15, -0.1) is 11.3 Å². The molecule has 2 aromatic heterocycles. The molecule has 6 nitrogen and oxygen atoms in total. The van der Waals surface area contributed by atoms with E-state index in [1.165, 1.54) is 18.3 Å². The highest BCUT2D eigenvalue weighted by molar-refractivity contribution is 7.17.